The van der Waals surface area contributed by atoms with Crippen molar-refractivity contribution in [3.05, 3.63) is 24.3 Å². The lowest BCUT2D eigenvalue weighted by molar-refractivity contribution is -0.143. The van der Waals surface area contributed by atoms with Crippen molar-refractivity contribution >= 4 is 18.6 Å². The second-order valence-corrected chi connectivity index (χ2v) is 6.56. The summed E-state index contributed by atoms with van der Waals surface area (Å²) in [6.07, 6.45) is 0.231. The molecule has 0 N–H and O–H groups in total. The second kappa shape index (κ2) is 6.93. The Bertz CT molecular complexity index is 540. The van der Waals surface area contributed by atoms with Crippen LogP contribution in [-0.4, -0.2) is 37.5 Å². The molecule has 6 heteroatoms. The Balaban J connectivity index is 1.97. The molecule has 0 amide bonds. The van der Waals surface area contributed by atoms with Crippen LogP contribution in [0.25, 0.3) is 0 Å². The Morgan fingerprint density at radius 2 is 1.83 bits per heavy atom. The number of hydrogen-bond acceptors (Lipinski definition) is 5. The molecule has 1 fully saturated rings. The van der Waals surface area contributed by atoms with Crippen LogP contribution in [-0.2, 0) is 18.8 Å². The molecule has 0 radical (unpaired) electrons. The molecule has 126 valence electrons. The number of hydrogen-bond donors (Lipinski definition) is 0. The minimum Gasteiger partial charge on any atom is -0.493 e. The maximum atomic E-state index is 11.3. The largest absolute Gasteiger partial charge is 0.494 e. The summed E-state index contributed by atoms with van der Waals surface area (Å²) in [4.78, 5) is 11.3. The van der Waals surface area contributed by atoms with Gasteiger partial charge in [-0.1, -0.05) is 12.1 Å². The van der Waals surface area contributed by atoms with Gasteiger partial charge in [0, 0.05) is 0 Å². The van der Waals surface area contributed by atoms with Crippen molar-refractivity contribution in [3.63, 3.8) is 0 Å². The molecule has 1 aromatic rings. The van der Waals surface area contributed by atoms with E-state index in [-0.39, 0.29) is 30.2 Å². The molecule has 0 spiro atoms. The monoisotopic (exact) mass is 320 g/mol. The highest BCUT2D eigenvalue weighted by molar-refractivity contribution is 6.62. The van der Waals surface area contributed by atoms with Crippen LogP contribution in [0.4, 0.5) is 0 Å². The summed E-state index contributed by atoms with van der Waals surface area (Å²) in [6, 6.07) is 7.56. The molecule has 5 nitrogen and oxygen atoms in total. The summed E-state index contributed by atoms with van der Waals surface area (Å²) < 4.78 is 22.5. The molecule has 0 unspecified atom stereocenters. The van der Waals surface area contributed by atoms with E-state index in [0.717, 1.165) is 5.46 Å². The van der Waals surface area contributed by atoms with Crippen LogP contribution in [0.1, 0.15) is 41.0 Å². The van der Waals surface area contributed by atoms with E-state index < -0.39 is 7.12 Å². The lowest BCUT2D eigenvalue weighted by atomic mass is 9.79. The number of benzene rings is 1. The number of carbonyl (C=O) groups is 1. The van der Waals surface area contributed by atoms with Crippen LogP contribution in [0.5, 0.6) is 5.75 Å². The predicted octanol–water partition coefficient (Wildman–Crippen LogP) is 2.32. The zero-order valence-corrected chi connectivity index (χ0v) is 14.5. The van der Waals surface area contributed by atoms with Crippen molar-refractivity contribution in [3.8, 4) is 5.75 Å². The third-order valence-electron chi connectivity index (χ3n) is 4.26. The zero-order valence-electron chi connectivity index (χ0n) is 14.5. The fourth-order valence-electron chi connectivity index (χ4n) is 2.22. The van der Waals surface area contributed by atoms with E-state index in [1.54, 1.807) is 6.92 Å². The summed E-state index contributed by atoms with van der Waals surface area (Å²) in [5.74, 6) is 0.427. The van der Waals surface area contributed by atoms with Gasteiger partial charge in [0.15, 0.2) is 0 Å². The van der Waals surface area contributed by atoms with Crippen LogP contribution in [0.3, 0.4) is 0 Å². The van der Waals surface area contributed by atoms with E-state index in [2.05, 4.69) is 0 Å². The van der Waals surface area contributed by atoms with Gasteiger partial charge in [-0.3, -0.25) is 4.79 Å². The first kappa shape index (κ1) is 17.8. The van der Waals surface area contributed by atoms with Gasteiger partial charge in [-0.2, -0.15) is 0 Å². The quantitative estimate of drug-likeness (QED) is 0.595. The number of ether oxygens (including phenoxy) is 2. The van der Waals surface area contributed by atoms with Gasteiger partial charge in [0.05, 0.1) is 30.8 Å². The summed E-state index contributed by atoms with van der Waals surface area (Å²) in [6.45, 7) is 10.5. The second-order valence-electron chi connectivity index (χ2n) is 6.56. The predicted molar refractivity (Wildman–Crippen MR) is 88.9 cm³/mol. The van der Waals surface area contributed by atoms with Gasteiger partial charge < -0.3 is 18.8 Å². The Kier molecular flexibility index (Phi) is 5.37. The fraction of sp³-hybridized carbons (Fsp3) is 0.588. The minimum atomic E-state index is -0.423. The number of carbonyl (C=O) groups excluding carboxylic acids is 1. The molecule has 1 aliphatic rings. The Morgan fingerprint density at radius 1 is 1.17 bits per heavy atom. The van der Waals surface area contributed by atoms with Crippen molar-refractivity contribution in [1.82, 2.24) is 0 Å². The first-order valence-corrected chi connectivity index (χ1v) is 7.99. The summed E-state index contributed by atoms with van der Waals surface area (Å²) >= 11 is 0. The SMILES string of the molecule is CCOC(=O)CCOc1cccc(B2OC(C)(C)C(C)(C)O2)c1. The highest BCUT2D eigenvalue weighted by atomic mass is 16.7. The first-order valence-electron chi connectivity index (χ1n) is 7.99. The van der Waals surface area contributed by atoms with E-state index in [1.807, 2.05) is 52.0 Å². The van der Waals surface area contributed by atoms with Crippen LogP contribution < -0.4 is 10.2 Å². The van der Waals surface area contributed by atoms with E-state index >= 15 is 0 Å². The third-order valence-corrected chi connectivity index (χ3v) is 4.26. The van der Waals surface area contributed by atoms with Crippen molar-refractivity contribution < 1.29 is 23.6 Å². The van der Waals surface area contributed by atoms with Crippen molar-refractivity contribution in [1.29, 1.82) is 0 Å². The molecule has 1 heterocycles. The number of rotatable bonds is 6. The maximum Gasteiger partial charge on any atom is 0.494 e. The standard InChI is InChI=1S/C17H25BO5/c1-6-20-15(19)10-11-21-14-9-7-8-13(12-14)18-22-16(2,3)17(4,5)23-18/h7-9,12H,6,10-11H2,1-5H3. The van der Waals surface area contributed by atoms with Crippen LogP contribution in [0.2, 0.25) is 0 Å². The highest BCUT2D eigenvalue weighted by Gasteiger charge is 2.51. The van der Waals surface area contributed by atoms with E-state index in [0.29, 0.717) is 12.4 Å². The number of esters is 1. The minimum absolute atomic E-state index is 0.231. The van der Waals surface area contributed by atoms with Gasteiger partial charge in [-0.05, 0) is 52.2 Å². The normalized spacial score (nSPS) is 18.7. The molecule has 23 heavy (non-hydrogen) atoms. The van der Waals surface area contributed by atoms with Crippen molar-refractivity contribution in [2.75, 3.05) is 13.2 Å². The lowest BCUT2D eigenvalue weighted by Crippen LogP contribution is -2.41. The summed E-state index contributed by atoms with van der Waals surface area (Å²) in [5, 5.41) is 0. The van der Waals surface area contributed by atoms with Gasteiger partial charge >= 0.3 is 13.1 Å². The van der Waals surface area contributed by atoms with Crippen LogP contribution in [0.15, 0.2) is 24.3 Å². The van der Waals surface area contributed by atoms with E-state index in [1.165, 1.54) is 0 Å². The van der Waals surface area contributed by atoms with Crippen LogP contribution in [0, 0.1) is 0 Å². The Labute approximate surface area is 138 Å². The van der Waals surface area contributed by atoms with Gasteiger partial charge in [-0.25, -0.2) is 0 Å². The van der Waals surface area contributed by atoms with Gasteiger partial charge in [0.2, 0.25) is 0 Å². The van der Waals surface area contributed by atoms with Gasteiger partial charge in [-0.15, -0.1) is 0 Å². The van der Waals surface area contributed by atoms with E-state index in [9.17, 15) is 4.79 Å². The molecule has 0 aromatic heterocycles. The molecule has 1 aliphatic heterocycles. The molecule has 0 bridgehead atoms. The zero-order chi connectivity index (χ0) is 17.1. The maximum absolute atomic E-state index is 11.3. The van der Waals surface area contributed by atoms with Crippen LogP contribution >= 0.6 is 0 Å². The average molecular weight is 320 g/mol. The molecular formula is C17H25BO5. The van der Waals surface area contributed by atoms with Gasteiger partial charge in [0.25, 0.3) is 0 Å². The third kappa shape index (κ3) is 4.27. The van der Waals surface area contributed by atoms with Crippen molar-refractivity contribution in [2.24, 2.45) is 0 Å². The fourth-order valence-corrected chi connectivity index (χ4v) is 2.22. The first-order chi connectivity index (χ1) is 10.7. The summed E-state index contributed by atoms with van der Waals surface area (Å²) in [5.41, 5.74) is 0.147. The van der Waals surface area contributed by atoms with E-state index in [4.69, 9.17) is 18.8 Å². The van der Waals surface area contributed by atoms with Gasteiger partial charge in [0.1, 0.15) is 5.75 Å². The molecule has 2 rings (SSSR count). The molecule has 0 aliphatic carbocycles. The topological polar surface area (TPSA) is 54.0 Å². The molecule has 1 saturated heterocycles. The Hall–Kier alpha value is -1.53. The summed E-state index contributed by atoms with van der Waals surface area (Å²) in [7, 11) is -0.423. The Morgan fingerprint density at radius 3 is 2.43 bits per heavy atom. The molecular weight excluding hydrogens is 295 g/mol. The lowest BCUT2D eigenvalue weighted by Gasteiger charge is -2.32. The molecule has 0 saturated carbocycles. The smallest absolute Gasteiger partial charge is 0.493 e. The molecule has 1 aromatic carbocycles. The molecule has 0 atom stereocenters. The highest BCUT2D eigenvalue weighted by Crippen LogP contribution is 2.36. The average Bonchev–Trinajstić information content (AvgIpc) is 2.68. The van der Waals surface area contributed by atoms with Crippen molar-refractivity contribution in [2.45, 2.75) is 52.2 Å².